The Kier molecular flexibility index (Phi) is 3.22. The fourth-order valence-electron chi connectivity index (χ4n) is 1.54. The van der Waals surface area contributed by atoms with Gasteiger partial charge >= 0.3 is 0 Å². The van der Waals surface area contributed by atoms with Crippen molar-refractivity contribution in [2.24, 2.45) is 0 Å². The number of nitrogens with two attached hydrogens (primary N) is 1. The van der Waals surface area contributed by atoms with Gasteiger partial charge in [0.25, 0.3) is 0 Å². The number of nitrogens with zero attached hydrogens (tertiary/aromatic N) is 1. The Morgan fingerprint density at radius 3 is 2.62 bits per heavy atom. The van der Waals surface area contributed by atoms with E-state index in [9.17, 15) is 5.11 Å². The smallest absolute Gasteiger partial charge is 0.0897 e. The van der Waals surface area contributed by atoms with E-state index in [0.29, 0.717) is 12.1 Å². The van der Waals surface area contributed by atoms with E-state index in [0.717, 1.165) is 16.3 Å². The van der Waals surface area contributed by atoms with E-state index in [1.807, 2.05) is 24.4 Å². The van der Waals surface area contributed by atoms with Crippen LogP contribution in [0.4, 0.5) is 5.69 Å². The average molecular weight is 234 g/mol. The van der Waals surface area contributed by atoms with Crippen LogP contribution in [0.3, 0.4) is 0 Å². The minimum Gasteiger partial charge on any atom is -0.399 e. The van der Waals surface area contributed by atoms with Crippen LogP contribution in [0.15, 0.2) is 29.6 Å². The first-order valence-corrected chi connectivity index (χ1v) is 5.97. The third-order valence-electron chi connectivity index (χ3n) is 2.39. The zero-order chi connectivity index (χ0) is 11.5. The molecule has 0 aliphatic carbocycles. The van der Waals surface area contributed by atoms with Gasteiger partial charge in [0.1, 0.15) is 0 Å². The van der Waals surface area contributed by atoms with Gasteiger partial charge in [-0.25, -0.2) is 4.98 Å². The molecule has 2 aromatic rings. The molecule has 1 heterocycles. The predicted molar refractivity (Wildman–Crippen MR) is 66.4 cm³/mol. The molecule has 1 atom stereocenters. The van der Waals surface area contributed by atoms with Crippen molar-refractivity contribution in [3.8, 4) is 0 Å². The molecule has 0 bridgehead atoms. The molecule has 0 fully saturated rings. The number of nitrogen functional groups attached to an aromatic ring is 1. The maximum Gasteiger partial charge on any atom is 0.0897 e. The van der Waals surface area contributed by atoms with Crippen molar-refractivity contribution in [1.82, 2.24) is 4.98 Å². The number of aliphatic hydroxyl groups is 1. The topological polar surface area (TPSA) is 59.1 Å². The lowest BCUT2D eigenvalue weighted by Crippen LogP contribution is -2.02. The van der Waals surface area contributed by atoms with Crippen LogP contribution in [-0.2, 0) is 6.42 Å². The normalized spacial score (nSPS) is 12.6. The molecule has 0 saturated heterocycles. The third kappa shape index (κ3) is 2.59. The highest BCUT2D eigenvalue weighted by Gasteiger charge is 2.10. The molecule has 3 nitrogen and oxygen atoms in total. The van der Waals surface area contributed by atoms with E-state index >= 15 is 0 Å². The van der Waals surface area contributed by atoms with Crippen molar-refractivity contribution in [2.45, 2.75) is 19.4 Å². The van der Waals surface area contributed by atoms with Gasteiger partial charge in [-0.2, -0.15) is 0 Å². The molecule has 0 spiro atoms. The number of rotatable bonds is 3. The second-order valence-electron chi connectivity index (χ2n) is 3.74. The molecule has 0 aliphatic heterocycles. The van der Waals surface area contributed by atoms with Gasteiger partial charge in [0.15, 0.2) is 0 Å². The van der Waals surface area contributed by atoms with E-state index in [-0.39, 0.29) is 0 Å². The Balaban J connectivity index is 2.08. The van der Waals surface area contributed by atoms with Crippen molar-refractivity contribution in [3.63, 3.8) is 0 Å². The zero-order valence-corrected chi connectivity index (χ0v) is 9.87. The van der Waals surface area contributed by atoms with Crippen LogP contribution in [0.5, 0.6) is 0 Å². The lowest BCUT2D eigenvalue weighted by Gasteiger charge is -2.09. The molecule has 0 radical (unpaired) electrons. The maximum absolute atomic E-state index is 10.00. The minimum atomic E-state index is -0.512. The summed E-state index contributed by atoms with van der Waals surface area (Å²) in [5.74, 6) is 0. The van der Waals surface area contributed by atoms with Gasteiger partial charge in [-0.3, -0.25) is 0 Å². The maximum atomic E-state index is 10.00. The Labute approximate surface area is 98.6 Å². The molecule has 1 aromatic carbocycles. The summed E-state index contributed by atoms with van der Waals surface area (Å²) >= 11 is 1.60. The van der Waals surface area contributed by atoms with E-state index in [1.54, 1.807) is 23.5 Å². The SMILES string of the molecule is Cc1nc(CC(O)c2ccc(N)cc2)cs1. The molecule has 0 aliphatic rings. The van der Waals surface area contributed by atoms with Crippen molar-refractivity contribution in [3.05, 3.63) is 45.9 Å². The molecule has 2 rings (SSSR count). The predicted octanol–water partition coefficient (Wildman–Crippen LogP) is 2.31. The summed E-state index contributed by atoms with van der Waals surface area (Å²) in [5.41, 5.74) is 8.11. The van der Waals surface area contributed by atoms with Crippen LogP contribution in [0.25, 0.3) is 0 Å². The summed E-state index contributed by atoms with van der Waals surface area (Å²) in [5, 5.41) is 13.0. The Bertz CT molecular complexity index is 464. The summed E-state index contributed by atoms with van der Waals surface area (Å²) in [4.78, 5) is 4.33. The van der Waals surface area contributed by atoms with E-state index in [1.165, 1.54) is 0 Å². The van der Waals surface area contributed by atoms with Gasteiger partial charge in [-0.05, 0) is 24.6 Å². The molecule has 84 valence electrons. The lowest BCUT2D eigenvalue weighted by molar-refractivity contribution is 0.177. The van der Waals surface area contributed by atoms with Crippen molar-refractivity contribution < 1.29 is 5.11 Å². The molecular weight excluding hydrogens is 220 g/mol. The summed E-state index contributed by atoms with van der Waals surface area (Å²) in [6.07, 6.45) is 0.0379. The average Bonchev–Trinajstić information content (AvgIpc) is 2.65. The van der Waals surface area contributed by atoms with Gasteiger partial charge in [-0.1, -0.05) is 12.1 Å². The standard InChI is InChI=1S/C12H14N2OS/c1-8-14-11(7-16-8)6-12(15)9-2-4-10(13)5-3-9/h2-5,7,12,15H,6,13H2,1H3. The highest BCUT2D eigenvalue weighted by Crippen LogP contribution is 2.20. The van der Waals surface area contributed by atoms with E-state index in [4.69, 9.17) is 5.73 Å². The first kappa shape index (κ1) is 11.1. The van der Waals surface area contributed by atoms with Gasteiger partial charge in [0.05, 0.1) is 16.8 Å². The number of aryl methyl sites for hydroxylation is 1. The number of benzene rings is 1. The molecule has 0 amide bonds. The zero-order valence-electron chi connectivity index (χ0n) is 9.05. The second-order valence-corrected chi connectivity index (χ2v) is 4.81. The summed E-state index contributed by atoms with van der Waals surface area (Å²) in [7, 11) is 0. The molecule has 1 aromatic heterocycles. The van der Waals surface area contributed by atoms with Gasteiger partial charge < -0.3 is 10.8 Å². The first-order valence-electron chi connectivity index (χ1n) is 5.09. The lowest BCUT2D eigenvalue weighted by atomic mass is 10.1. The monoisotopic (exact) mass is 234 g/mol. The fourth-order valence-corrected chi connectivity index (χ4v) is 2.16. The molecule has 1 unspecified atom stereocenters. The van der Waals surface area contributed by atoms with Gasteiger partial charge in [-0.15, -0.1) is 11.3 Å². The molecular formula is C12H14N2OS. The van der Waals surface area contributed by atoms with Crippen LogP contribution in [0, 0.1) is 6.92 Å². The number of anilines is 1. The van der Waals surface area contributed by atoms with Crippen molar-refractivity contribution in [1.29, 1.82) is 0 Å². The summed E-state index contributed by atoms with van der Waals surface area (Å²) in [6, 6.07) is 7.29. The Hall–Kier alpha value is -1.39. The van der Waals surface area contributed by atoms with Crippen LogP contribution in [-0.4, -0.2) is 10.1 Å². The first-order chi connectivity index (χ1) is 7.65. The summed E-state index contributed by atoms with van der Waals surface area (Å²) < 4.78 is 0. The van der Waals surface area contributed by atoms with Crippen LogP contribution in [0.2, 0.25) is 0 Å². The highest BCUT2D eigenvalue weighted by molar-refractivity contribution is 7.09. The molecule has 0 saturated carbocycles. The second kappa shape index (κ2) is 4.63. The number of hydrogen-bond acceptors (Lipinski definition) is 4. The molecule has 3 N–H and O–H groups in total. The molecule has 4 heteroatoms. The van der Waals surface area contributed by atoms with Crippen LogP contribution >= 0.6 is 11.3 Å². The Morgan fingerprint density at radius 1 is 1.38 bits per heavy atom. The van der Waals surface area contributed by atoms with E-state index < -0.39 is 6.10 Å². The van der Waals surface area contributed by atoms with Crippen molar-refractivity contribution >= 4 is 17.0 Å². The van der Waals surface area contributed by atoms with Crippen LogP contribution in [0.1, 0.15) is 22.4 Å². The minimum absolute atomic E-state index is 0.512. The number of hydrogen-bond donors (Lipinski definition) is 2. The largest absolute Gasteiger partial charge is 0.399 e. The Morgan fingerprint density at radius 2 is 2.06 bits per heavy atom. The van der Waals surface area contributed by atoms with Crippen molar-refractivity contribution in [2.75, 3.05) is 5.73 Å². The molecule has 16 heavy (non-hydrogen) atoms. The van der Waals surface area contributed by atoms with Crippen LogP contribution < -0.4 is 5.73 Å². The fraction of sp³-hybridized carbons (Fsp3) is 0.250. The third-order valence-corrected chi connectivity index (χ3v) is 3.21. The number of aliphatic hydroxyl groups excluding tert-OH is 1. The van der Waals surface area contributed by atoms with Gasteiger partial charge in [0.2, 0.25) is 0 Å². The van der Waals surface area contributed by atoms with Gasteiger partial charge in [0, 0.05) is 17.5 Å². The summed E-state index contributed by atoms with van der Waals surface area (Å²) in [6.45, 7) is 1.96. The number of thiazole rings is 1. The highest BCUT2D eigenvalue weighted by atomic mass is 32.1. The van der Waals surface area contributed by atoms with E-state index in [2.05, 4.69) is 4.98 Å². The number of aromatic nitrogens is 1. The quantitative estimate of drug-likeness (QED) is 0.801.